The molecule has 0 atom stereocenters. The lowest BCUT2D eigenvalue weighted by molar-refractivity contribution is 1.21. The molecule has 0 saturated heterocycles. The summed E-state index contributed by atoms with van der Waals surface area (Å²) >= 11 is 1.75. The summed E-state index contributed by atoms with van der Waals surface area (Å²) in [6.07, 6.45) is 9.43. The van der Waals surface area contributed by atoms with Crippen molar-refractivity contribution < 1.29 is 0 Å². The van der Waals surface area contributed by atoms with E-state index in [1.54, 1.807) is 17.5 Å². The minimum absolute atomic E-state index is 0.701. The summed E-state index contributed by atoms with van der Waals surface area (Å²) in [6.45, 7) is 0. The van der Waals surface area contributed by atoms with Crippen molar-refractivity contribution in [2.75, 3.05) is 0 Å². The second kappa shape index (κ2) is 5.94. The fourth-order valence-corrected chi connectivity index (χ4v) is 4.54. The summed E-state index contributed by atoms with van der Waals surface area (Å²) in [7, 11) is 0. The summed E-state index contributed by atoms with van der Waals surface area (Å²) in [6, 6.07) is 14.3. The molecule has 6 rings (SSSR count). The highest BCUT2D eigenvalue weighted by Crippen LogP contribution is 2.36. The van der Waals surface area contributed by atoms with E-state index < -0.39 is 0 Å². The summed E-state index contributed by atoms with van der Waals surface area (Å²) < 4.78 is 1.22. The van der Waals surface area contributed by atoms with Crippen molar-refractivity contribution in [2.24, 2.45) is 0 Å². The summed E-state index contributed by atoms with van der Waals surface area (Å²) in [4.78, 5) is 22.5. The van der Waals surface area contributed by atoms with Gasteiger partial charge in [-0.1, -0.05) is 6.07 Å². The number of H-pyrrole nitrogens is 1. The van der Waals surface area contributed by atoms with Crippen LogP contribution in [0.25, 0.3) is 53.9 Å². The number of rotatable bonds is 2. The first-order valence-electron chi connectivity index (χ1n) is 8.88. The van der Waals surface area contributed by atoms with E-state index >= 15 is 0 Å². The van der Waals surface area contributed by atoms with Crippen molar-refractivity contribution in [1.82, 2.24) is 24.9 Å². The monoisotopic (exact) mass is 379 g/mol. The molecule has 0 fully saturated rings. The Hall–Kier alpha value is -3.64. The van der Waals surface area contributed by atoms with Crippen LogP contribution in [0.1, 0.15) is 0 Å². The highest BCUT2D eigenvalue weighted by atomic mass is 32.1. The lowest BCUT2D eigenvalue weighted by atomic mass is 10.1. The zero-order valence-corrected chi connectivity index (χ0v) is 15.4. The average Bonchev–Trinajstić information content (AvgIpc) is 3.36. The van der Waals surface area contributed by atoms with Crippen LogP contribution in [0.15, 0.2) is 73.4 Å². The number of aromatic amines is 1. The van der Waals surface area contributed by atoms with E-state index in [1.165, 1.54) is 9.58 Å². The highest BCUT2D eigenvalue weighted by molar-refractivity contribution is 7.22. The number of pyridine rings is 2. The van der Waals surface area contributed by atoms with Gasteiger partial charge >= 0.3 is 0 Å². The first-order chi connectivity index (χ1) is 13.8. The topological polar surface area (TPSA) is 67.3 Å². The third-order valence-corrected chi connectivity index (χ3v) is 6.02. The molecule has 132 valence electrons. The lowest BCUT2D eigenvalue weighted by Crippen LogP contribution is -1.90. The summed E-state index contributed by atoms with van der Waals surface area (Å²) in [5, 5.41) is 3.25. The molecule has 5 nitrogen and oxygen atoms in total. The molecule has 28 heavy (non-hydrogen) atoms. The van der Waals surface area contributed by atoms with Gasteiger partial charge in [-0.05, 0) is 36.4 Å². The normalized spacial score (nSPS) is 11.6. The van der Waals surface area contributed by atoms with Gasteiger partial charge in [-0.2, -0.15) is 0 Å². The standard InChI is InChI=1S/C22H13N5S/c1-2-13-8-14(3-4-18(13)24-6-1)21-25-12-17-16(11-26-22(17)27-21)20-9-15-10-23-7-5-19(15)28-20/h1-12H,(H,25,26,27). The number of benzene rings is 1. The zero-order valence-electron chi connectivity index (χ0n) is 14.6. The molecule has 0 unspecified atom stereocenters. The van der Waals surface area contributed by atoms with Crippen molar-refractivity contribution in [3.8, 4) is 21.8 Å². The number of thiophene rings is 1. The van der Waals surface area contributed by atoms with E-state index in [9.17, 15) is 0 Å². The molecule has 0 amide bonds. The Bertz CT molecular complexity index is 1450. The lowest BCUT2D eigenvalue weighted by Gasteiger charge is -2.03. The Labute approximate surface area is 163 Å². The minimum Gasteiger partial charge on any atom is -0.345 e. The molecule has 6 heteroatoms. The van der Waals surface area contributed by atoms with Crippen LogP contribution in [0.3, 0.4) is 0 Å². The number of nitrogens with zero attached hydrogens (tertiary/aromatic N) is 4. The molecule has 5 aromatic heterocycles. The predicted octanol–water partition coefficient (Wildman–Crippen LogP) is 5.45. The number of nitrogens with one attached hydrogen (secondary N) is 1. The fourth-order valence-electron chi connectivity index (χ4n) is 3.48. The minimum atomic E-state index is 0.701. The third kappa shape index (κ3) is 2.39. The quantitative estimate of drug-likeness (QED) is 0.434. The maximum absolute atomic E-state index is 4.76. The van der Waals surface area contributed by atoms with Crippen LogP contribution in [0.2, 0.25) is 0 Å². The maximum atomic E-state index is 4.76. The Balaban J connectivity index is 1.47. The molecule has 6 aromatic rings. The molecule has 0 bridgehead atoms. The summed E-state index contributed by atoms with van der Waals surface area (Å²) in [5.41, 5.74) is 3.90. The Kier molecular flexibility index (Phi) is 3.27. The number of aromatic nitrogens is 5. The fraction of sp³-hybridized carbons (Fsp3) is 0. The van der Waals surface area contributed by atoms with E-state index in [2.05, 4.69) is 32.1 Å². The number of fused-ring (bicyclic) bond motifs is 3. The van der Waals surface area contributed by atoms with Gasteiger partial charge in [0.05, 0.1) is 5.52 Å². The first-order valence-corrected chi connectivity index (χ1v) is 9.70. The van der Waals surface area contributed by atoms with E-state index in [0.29, 0.717) is 5.82 Å². The SMILES string of the molecule is c1cnc2ccc(-c3ncc4c(-c5cc6cnccc6s5)c[nH]c4n3)cc2c1. The van der Waals surface area contributed by atoms with Gasteiger partial charge in [-0.15, -0.1) is 11.3 Å². The van der Waals surface area contributed by atoms with E-state index in [-0.39, 0.29) is 0 Å². The van der Waals surface area contributed by atoms with Gasteiger partial charge in [-0.3, -0.25) is 9.97 Å². The van der Waals surface area contributed by atoms with Gasteiger partial charge in [0.15, 0.2) is 5.82 Å². The number of hydrogen-bond acceptors (Lipinski definition) is 5. The molecule has 1 aromatic carbocycles. The van der Waals surface area contributed by atoms with Crippen LogP contribution >= 0.6 is 11.3 Å². The Morgan fingerprint density at radius 1 is 0.893 bits per heavy atom. The van der Waals surface area contributed by atoms with E-state index in [1.807, 2.05) is 55.1 Å². The smallest absolute Gasteiger partial charge is 0.161 e. The Morgan fingerprint density at radius 3 is 2.86 bits per heavy atom. The molecule has 0 saturated carbocycles. The Morgan fingerprint density at radius 2 is 1.89 bits per heavy atom. The van der Waals surface area contributed by atoms with Gasteiger partial charge in [0, 0.05) is 67.8 Å². The molecule has 0 spiro atoms. The van der Waals surface area contributed by atoms with Gasteiger partial charge in [0.25, 0.3) is 0 Å². The van der Waals surface area contributed by atoms with Gasteiger partial charge in [-0.25, -0.2) is 9.97 Å². The predicted molar refractivity (Wildman–Crippen MR) is 113 cm³/mol. The van der Waals surface area contributed by atoms with Crippen molar-refractivity contribution in [1.29, 1.82) is 0 Å². The van der Waals surface area contributed by atoms with E-state index in [4.69, 9.17) is 4.98 Å². The van der Waals surface area contributed by atoms with E-state index in [0.717, 1.165) is 38.4 Å². The molecule has 5 heterocycles. The van der Waals surface area contributed by atoms with Crippen LogP contribution in [0.5, 0.6) is 0 Å². The molecule has 0 aliphatic heterocycles. The molecule has 0 aliphatic carbocycles. The van der Waals surface area contributed by atoms with Gasteiger partial charge in [0.2, 0.25) is 0 Å². The molecular formula is C22H13N5S. The average molecular weight is 379 g/mol. The van der Waals surface area contributed by atoms with Crippen molar-refractivity contribution in [2.45, 2.75) is 0 Å². The zero-order chi connectivity index (χ0) is 18.5. The maximum Gasteiger partial charge on any atom is 0.161 e. The van der Waals surface area contributed by atoms with Crippen molar-refractivity contribution in [3.63, 3.8) is 0 Å². The summed E-state index contributed by atoms with van der Waals surface area (Å²) in [5.74, 6) is 0.701. The molecular weight excluding hydrogens is 366 g/mol. The second-order valence-electron chi connectivity index (χ2n) is 6.59. The van der Waals surface area contributed by atoms with Gasteiger partial charge < -0.3 is 4.98 Å². The van der Waals surface area contributed by atoms with Crippen LogP contribution in [-0.4, -0.2) is 24.9 Å². The van der Waals surface area contributed by atoms with Crippen LogP contribution in [-0.2, 0) is 0 Å². The second-order valence-corrected chi connectivity index (χ2v) is 7.68. The highest BCUT2D eigenvalue weighted by Gasteiger charge is 2.12. The third-order valence-electron chi connectivity index (χ3n) is 4.88. The number of hydrogen-bond donors (Lipinski definition) is 1. The van der Waals surface area contributed by atoms with Crippen LogP contribution in [0.4, 0.5) is 0 Å². The van der Waals surface area contributed by atoms with Gasteiger partial charge in [0.1, 0.15) is 5.65 Å². The van der Waals surface area contributed by atoms with Crippen LogP contribution in [0, 0.1) is 0 Å². The van der Waals surface area contributed by atoms with Crippen molar-refractivity contribution in [3.05, 3.63) is 73.4 Å². The van der Waals surface area contributed by atoms with Crippen molar-refractivity contribution >= 4 is 43.4 Å². The molecule has 0 aliphatic rings. The molecule has 1 N–H and O–H groups in total. The first kappa shape index (κ1) is 15.4. The van der Waals surface area contributed by atoms with Crippen LogP contribution < -0.4 is 0 Å². The largest absolute Gasteiger partial charge is 0.345 e. The molecule has 0 radical (unpaired) electrons.